The molecule has 2 aromatic rings. The van der Waals surface area contributed by atoms with Crippen molar-refractivity contribution < 1.29 is 0 Å². The van der Waals surface area contributed by atoms with E-state index in [1.807, 2.05) is 12.4 Å². The molecule has 2 heteroatoms. The largest absolute Gasteiger partial charge is 0.313 e. The standard InChI is InChI=1S/C15H18N2/c1-2-16-12-15-5-3-13(4-6-15)11-14-7-9-17-10-8-14/h3-10,16H,2,11-12H2,1H3. The highest BCUT2D eigenvalue weighted by atomic mass is 14.8. The number of rotatable bonds is 5. The highest BCUT2D eigenvalue weighted by Gasteiger charge is 1.96. The summed E-state index contributed by atoms with van der Waals surface area (Å²) in [6.45, 7) is 4.09. The van der Waals surface area contributed by atoms with E-state index >= 15 is 0 Å². The van der Waals surface area contributed by atoms with Gasteiger partial charge in [-0.15, -0.1) is 0 Å². The molecule has 0 aliphatic carbocycles. The number of nitrogens with zero attached hydrogens (tertiary/aromatic N) is 1. The van der Waals surface area contributed by atoms with Crippen molar-refractivity contribution in [2.75, 3.05) is 6.54 Å². The summed E-state index contributed by atoms with van der Waals surface area (Å²) in [4.78, 5) is 4.03. The van der Waals surface area contributed by atoms with E-state index in [2.05, 4.69) is 53.6 Å². The van der Waals surface area contributed by atoms with Crippen LogP contribution in [0.5, 0.6) is 0 Å². The Hall–Kier alpha value is -1.67. The highest BCUT2D eigenvalue weighted by Crippen LogP contribution is 2.10. The lowest BCUT2D eigenvalue weighted by Crippen LogP contribution is -2.11. The third-order valence-electron chi connectivity index (χ3n) is 2.76. The number of pyridine rings is 1. The quantitative estimate of drug-likeness (QED) is 0.848. The fourth-order valence-electron chi connectivity index (χ4n) is 1.78. The maximum atomic E-state index is 4.03. The fourth-order valence-corrected chi connectivity index (χ4v) is 1.78. The highest BCUT2D eigenvalue weighted by molar-refractivity contribution is 5.27. The van der Waals surface area contributed by atoms with E-state index in [9.17, 15) is 0 Å². The van der Waals surface area contributed by atoms with Gasteiger partial charge in [0.05, 0.1) is 0 Å². The molecule has 0 fully saturated rings. The van der Waals surface area contributed by atoms with Crippen LogP contribution in [0.15, 0.2) is 48.8 Å². The van der Waals surface area contributed by atoms with E-state index in [0.29, 0.717) is 0 Å². The normalized spacial score (nSPS) is 10.4. The Labute approximate surface area is 103 Å². The molecular formula is C15H18N2. The zero-order valence-electron chi connectivity index (χ0n) is 10.2. The summed E-state index contributed by atoms with van der Waals surface area (Å²) in [6.07, 6.45) is 4.66. The first-order valence-corrected chi connectivity index (χ1v) is 6.06. The van der Waals surface area contributed by atoms with E-state index < -0.39 is 0 Å². The van der Waals surface area contributed by atoms with Crippen molar-refractivity contribution in [3.8, 4) is 0 Å². The van der Waals surface area contributed by atoms with Crippen molar-refractivity contribution in [3.63, 3.8) is 0 Å². The monoisotopic (exact) mass is 226 g/mol. The third kappa shape index (κ3) is 3.68. The van der Waals surface area contributed by atoms with Crippen LogP contribution in [-0.4, -0.2) is 11.5 Å². The Kier molecular flexibility index (Phi) is 4.28. The zero-order valence-corrected chi connectivity index (χ0v) is 10.2. The summed E-state index contributed by atoms with van der Waals surface area (Å²) in [5, 5.41) is 3.33. The van der Waals surface area contributed by atoms with E-state index in [1.54, 1.807) is 0 Å². The molecule has 0 spiro atoms. The van der Waals surface area contributed by atoms with Crippen molar-refractivity contribution in [1.29, 1.82) is 0 Å². The number of hydrogen-bond donors (Lipinski definition) is 1. The Bertz CT molecular complexity index is 434. The molecule has 0 bridgehead atoms. The zero-order chi connectivity index (χ0) is 11.9. The first-order valence-electron chi connectivity index (χ1n) is 6.06. The van der Waals surface area contributed by atoms with Crippen molar-refractivity contribution in [2.45, 2.75) is 19.9 Å². The molecule has 17 heavy (non-hydrogen) atoms. The van der Waals surface area contributed by atoms with E-state index in [4.69, 9.17) is 0 Å². The lowest BCUT2D eigenvalue weighted by Gasteiger charge is -2.05. The first-order chi connectivity index (χ1) is 8.38. The number of benzene rings is 1. The second-order valence-electron chi connectivity index (χ2n) is 4.13. The molecule has 0 saturated carbocycles. The van der Waals surface area contributed by atoms with Crippen LogP contribution in [0.1, 0.15) is 23.6 Å². The van der Waals surface area contributed by atoms with Crippen molar-refractivity contribution in [3.05, 3.63) is 65.5 Å². The number of hydrogen-bond acceptors (Lipinski definition) is 2. The van der Waals surface area contributed by atoms with Crippen LogP contribution < -0.4 is 5.32 Å². The van der Waals surface area contributed by atoms with Crippen molar-refractivity contribution in [1.82, 2.24) is 10.3 Å². The fraction of sp³-hybridized carbons (Fsp3) is 0.267. The second kappa shape index (κ2) is 6.16. The molecule has 0 atom stereocenters. The molecule has 1 heterocycles. The number of nitrogens with one attached hydrogen (secondary N) is 1. The van der Waals surface area contributed by atoms with Crippen LogP contribution in [0.4, 0.5) is 0 Å². The lowest BCUT2D eigenvalue weighted by molar-refractivity contribution is 0.726. The summed E-state index contributed by atoms with van der Waals surface area (Å²) in [6, 6.07) is 12.9. The van der Waals surface area contributed by atoms with Crippen molar-refractivity contribution in [2.24, 2.45) is 0 Å². The summed E-state index contributed by atoms with van der Waals surface area (Å²) in [5.74, 6) is 0. The molecule has 0 saturated heterocycles. The molecule has 0 radical (unpaired) electrons. The van der Waals surface area contributed by atoms with Crippen molar-refractivity contribution >= 4 is 0 Å². The van der Waals surface area contributed by atoms with E-state index in [1.165, 1.54) is 16.7 Å². The Morgan fingerprint density at radius 3 is 2.12 bits per heavy atom. The van der Waals surface area contributed by atoms with Crippen LogP contribution in [0.25, 0.3) is 0 Å². The minimum Gasteiger partial charge on any atom is -0.313 e. The topological polar surface area (TPSA) is 24.9 Å². The summed E-state index contributed by atoms with van der Waals surface area (Å²) >= 11 is 0. The van der Waals surface area contributed by atoms with Crippen LogP contribution in [0, 0.1) is 0 Å². The smallest absolute Gasteiger partial charge is 0.0270 e. The SMILES string of the molecule is CCNCc1ccc(Cc2ccncc2)cc1. The molecule has 1 aromatic carbocycles. The molecule has 88 valence electrons. The predicted molar refractivity (Wildman–Crippen MR) is 70.9 cm³/mol. The van der Waals surface area contributed by atoms with Gasteiger partial charge in [0.1, 0.15) is 0 Å². The van der Waals surface area contributed by atoms with Gasteiger partial charge in [0.15, 0.2) is 0 Å². The van der Waals surface area contributed by atoms with Gasteiger partial charge < -0.3 is 5.32 Å². The average molecular weight is 226 g/mol. The van der Waals surface area contributed by atoms with Gasteiger partial charge in [-0.1, -0.05) is 31.2 Å². The third-order valence-corrected chi connectivity index (χ3v) is 2.76. The minimum absolute atomic E-state index is 0.950. The summed E-state index contributed by atoms with van der Waals surface area (Å²) < 4.78 is 0. The van der Waals surface area contributed by atoms with Crippen LogP contribution in [-0.2, 0) is 13.0 Å². The molecule has 1 N–H and O–H groups in total. The molecule has 0 aliphatic heterocycles. The summed E-state index contributed by atoms with van der Waals surface area (Å²) in [5.41, 5.74) is 3.99. The molecular weight excluding hydrogens is 208 g/mol. The minimum atomic E-state index is 0.950. The van der Waals surface area contributed by atoms with Crippen LogP contribution >= 0.6 is 0 Å². The van der Waals surface area contributed by atoms with Gasteiger partial charge >= 0.3 is 0 Å². The van der Waals surface area contributed by atoms with Gasteiger partial charge in [-0.05, 0) is 41.8 Å². The predicted octanol–water partition coefficient (Wildman–Crippen LogP) is 2.78. The molecule has 0 unspecified atom stereocenters. The van der Waals surface area contributed by atoms with Gasteiger partial charge in [0.2, 0.25) is 0 Å². The van der Waals surface area contributed by atoms with Crippen LogP contribution in [0.2, 0.25) is 0 Å². The van der Waals surface area contributed by atoms with Gasteiger partial charge in [0, 0.05) is 18.9 Å². The Morgan fingerprint density at radius 1 is 0.882 bits per heavy atom. The second-order valence-corrected chi connectivity index (χ2v) is 4.13. The lowest BCUT2D eigenvalue weighted by atomic mass is 10.0. The molecule has 0 aliphatic rings. The maximum Gasteiger partial charge on any atom is 0.0270 e. The molecule has 2 rings (SSSR count). The van der Waals surface area contributed by atoms with E-state index in [0.717, 1.165) is 19.5 Å². The number of aromatic nitrogens is 1. The molecule has 0 amide bonds. The average Bonchev–Trinajstić information content (AvgIpc) is 2.39. The molecule has 2 nitrogen and oxygen atoms in total. The Morgan fingerprint density at radius 2 is 1.47 bits per heavy atom. The summed E-state index contributed by atoms with van der Waals surface area (Å²) in [7, 11) is 0. The van der Waals surface area contributed by atoms with Crippen LogP contribution in [0.3, 0.4) is 0 Å². The van der Waals surface area contributed by atoms with Gasteiger partial charge in [-0.25, -0.2) is 0 Å². The molecule has 1 aromatic heterocycles. The van der Waals surface area contributed by atoms with Gasteiger partial charge in [-0.2, -0.15) is 0 Å². The Balaban J connectivity index is 1.98. The van der Waals surface area contributed by atoms with Gasteiger partial charge in [0.25, 0.3) is 0 Å². The first kappa shape index (κ1) is 11.8. The maximum absolute atomic E-state index is 4.03. The van der Waals surface area contributed by atoms with Gasteiger partial charge in [-0.3, -0.25) is 4.98 Å². The van der Waals surface area contributed by atoms with E-state index in [-0.39, 0.29) is 0 Å².